The molecule has 0 saturated heterocycles. The van der Waals surface area contributed by atoms with Crippen LogP contribution in [0.3, 0.4) is 0 Å². The van der Waals surface area contributed by atoms with Gasteiger partial charge in [0.15, 0.2) is 0 Å². The van der Waals surface area contributed by atoms with E-state index in [4.69, 9.17) is 9.47 Å². The molecule has 0 saturated carbocycles. The van der Waals surface area contributed by atoms with Crippen molar-refractivity contribution in [1.82, 2.24) is 19.9 Å². The number of carbonyl (C=O) groups excluding carboxylic acids is 2. The third-order valence-electron chi connectivity index (χ3n) is 7.65. The number of anilines is 8. The highest BCUT2D eigenvalue weighted by Crippen LogP contribution is 2.29. The molecule has 2 aliphatic heterocycles. The highest BCUT2D eigenvalue weighted by Gasteiger charge is 2.16. The predicted molar refractivity (Wildman–Crippen MR) is 188 cm³/mol. The summed E-state index contributed by atoms with van der Waals surface area (Å²) in [6.45, 7) is 6.46. The number of carbonyl (C=O) groups is 2. The maximum atomic E-state index is 11.4. The summed E-state index contributed by atoms with van der Waals surface area (Å²) >= 11 is 0. The number of amides is 2. The molecular weight excluding hydrogens is 612 g/mol. The standard InChI is InChI=1S/2C17H21N5O2/c1-11-10-19-17(18-7-8-24-2)22-16(11)20-13-4-5-14-12(9-13)3-6-15(23)21-14;1-11-10-19-17(22-16(11)18-7-8-24-2)20-13-4-5-14-12(9-13)3-6-15(23)21-14/h2*4-5,9-10H,3,6-8H2,1-2H3,(H,21,23)(H2,18,19,20,22). The number of aromatic nitrogens is 4. The first-order chi connectivity index (χ1) is 23.3. The molecule has 4 aromatic rings. The zero-order chi connectivity index (χ0) is 33.9. The lowest BCUT2D eigenvalue weighted by atomic mass is 10.0. The van der Waals surface area contributed by atoms with Crippen molar-refractivity contribution < 1.29 is 19.1 Å². The monoisotopic (exact) mass is 654 g/mol. The number of nitrogens with one attached hydrogen (secondary N) is 6. The Kier molecular flexibility index (Phi) is 11.7. The first kappa shape index (κ1) is 34.0. The topological polar surface area (TPSA) is 176 Å². The molecule has 2 aliphatic rings. The Morgan fingerprint density at radius 1 is 0.667 bits per heavy atom. The number of benzene rings is 2. The van der Waals surface area contributed by atoms with E-state index in [1.165, 1.54) is 0 Å². The van der Waals surface area contributed by atoms with E-state index in [1.807, 2.05) is 50.2 Å². The van der Waals surface area contributed by atoms with Gasteiger partial charge in [-0.2, -0.15) is 9.97 Å². The molecule has 0 atom stereocenters. The lowest BCUT2D eigenvalue weighted by molar-refractivity contribution is -0.117. The molecule has 14 nitrogen and oxygen atoms in total. The molecule has 2 amide bonds. The van der Waals surface area contributed by atoms with Crippen molar-refractivity contribution in [3.8, 4) is 0 Å². The van der Waals surface area contributed by atoms with Gasteiger partial charge in [0.05, 0.1) is 13.2 Å². The van der Waals surface area contributed by atoms with Crippen LogP contribution in [0.1, 0.15) is 35.1 Å². The second-order valence-corrected chi connectivity index (χ2v) is 11.4. The molecule has 0 fully saturated rings. The van der Waals surface area contributed by atoms with Crippen LogP contribution in [0.15, 0.2) is 48.8 Å². The van der Waals surface area contributed by atoms with E-state index in [2.05, 4.69) is 51.8 Å². The molecule has 6 rings (SSSR count). The maximum Gasteiger partial charge on any atom is 0.229 e. The van der Waals surface area contributed by atoms with Crippen molar-refractivity contribution >= 4 is 58.1 Å². The van der Waals surface area contributed by atoms with Crippen molar-refractivity contribution in [2.45, 2.75) is 39.5 Å². The third kappa shape index (κ3) is 9.36. The molecular formula is C34H42N10O4. The number of hydrogen-bond acceptors (Lipinski definition) is 12. The van der Waals surface area contributed by atoms with Crippen molar-refractivity contribution in [2.24, 2.45) is 0 Å². The second-order valence-electron chi connectivity index (χ2n) is 11.4. The molecule has 48 heavy (non-hydrogen) atoms. The van der Waals surface area contributed by atoms with Crippen LogP contribution < -0.4 is 31.9 Å². The smallest absolute Gasteiger partial charge is 0.229 e. The molecule has 0 unspecified atom stereocenters. The highest BCUT2D eigenvalue weighted by atomic mass is 16.5. The van der Waals surface area contributed by atoms with E-state index in [0.717, 1.165) is 69.5 Å². The summed E-state index contributed by atoms with van der Waals surface area (Å²) in [6.07, 6.45) is 6.10. The number of nitrogens with zero attached hydrogens (tertiary/aromatic N) is 4. The largest absolute Gasteiger partial charge is 0.383 e. The van der Waals surface area contributed by atoms with Crippen molar-refractivity contribution in [1.29, 1.82) is 0 Å². The number of methoxy groups -OCH3 is 2. The van der Waals surface area contributed by atoms with E-state index in [0.29, 0.717) is 51.0 Å². The van der Waals surface area contributed by atoms with Gasteiger partial charge in [0.1, 0.15) is 11.6 Å². The summed E-state index contributed by atoms with van der Waals surface area (Å²) in [5.74, 6) is 2.77. The first-order valence-electron chi connectivity index (χ1n) is 15.8. The van der Waals surface area contributed by atoms with E-state index in [9.17, 15) is 9.59 Å². The fourth-order valence-electron chi connectivity index (χ4n) is 5.06. The number of aryl methyl sites for hydroxylation is 4. The molecule has 0 aliphatic carbocycles. The molecule has 2 aromatic heterocycles. The normalized spacial score (nSPS) is 13.2. The molecule has 6 N–H and O–H groups in total. The van der Waals surface area contributed by atoms with E-state index < -0.39 is 0 Å². The van der Waals surface area contributed by atoms with Gasteiger partial charge >= 0.3 is 0 Å². The van der Waals surface area contributed by atoms with Gasteiger partial charge in [-0.3, -0.25) is 9.59 Å². The van der Waals surface area contributed by atoms with Crippen LogP contribution in [0.4, 0.5) is 46.3 Å². The Bertz CT molecular complexity index is 1750. The summed E-state index contributed by atoms with van der Waals surface area (Å²) in [5.41, 5.74) is 7.78. The first-order valence-corrected chi connectivity index (χ1v) is 15.8. The van der Waals surface area contributed by atoms with Gasteiger partial charge in [-0.15, -0.1) is 0 Å². The minimum Gasteiger partial charge on any atom is -0.383 e. The number of rotatable bonds is 12. The van der Waals surface area contributed by atoms with Gasteiger partial charge in [0.2, 0.25) is 23.7 Å². The number of fused-ring (bicyclic) bond motifs is 2. The van der Waals surface area contributed by atoms with Crippen molar-refractivity contribution in [3.63, 3.8) is 0 Å². The Balaban J connectivity index is 0.000000188. The van der Waals surface area contributed by atoms with Gasteiger partial charge in [0, 0.05) is 86.4 Å². The van der Waals surface area contributed by atoms with Gasteiger partial charge in [-0.1, -0.05) is 0 Å². The summed E-state index contributed by atoms with van der Waals surface area (Å²) < 4.78 is 10.0. The Morgan fingerprint density at radius 3 is 1.79 bits per heavy atom. The number of ether oxygens (including phenoxy) is 2. The van der Waals surface area contributed by atoms with Gasteiger partial charge in [-0.05, 0) is 74.2 Å². The Hall–Kier alpha value is -5.34. The van der Waals surface area contributed by atoms with E-state index in [-0.39, 0.29) is 11.8 Å². The van der Waals surface area contributed by atoms with Crippen LogP contribution in [0.2, 0.25) is 0 Å². The second kappa shape index (κ2) is 16.5. The maximum absolute atomic E-state index is 11.4. The fraction of sp³-hybridized carbons (Fsp3) is 0.353. The molecule has 0 bridgehead atoms. The molecule has 2 aromatic carbocycles. The average molecular weight is 655 g/mol. The predicted octanol–water partition coefficient (Wildman–Crippen LogP) is 4.94. The quantitative estimate of drug-likeness (QED) is 0.114. The lowest BCUT2D eigenvalue weighted by Gasteiger charge is -2.18. The summed E-state index contributed by atoms with van der Waals surface area (Å²) in [6, 6.07) is 11.7. The molecule has 0 spiro atoms. The highest BCUT2D eigenvalue weighted by molar-refractivity contribution is 5.95. The molecule has 0 radical (unpaired) electrons. The molecule has 4 heterocycles. The van der Waals surface area contributed by atoms with Crippen LogP contribution in [0.25, 0.3) is 0 Å². The SMILES string of the molecule is COCCNc1nc(Nc2ccc3c(c2)CCC(=O)N3)ncc1C.COCCNc1ncc(C)c(Nc2ccc3c(c2)CCC(=O)N3)n1. The van der Waals surface area contributed by atoms with Crippen LogP contribution in [0.5, 0.6) is 0 Å². The van der Waals surface area contributed by atoms with Gasteiger partial charge < -0.3 is 41.4 Å². The fourth-order valence-corrected chi connectivity index (χ4v) is 5.06. The Morgan fingerprint density at radius 2 is 1.19 bits per heavy atom. The van der Waals surface area contributed by atoms with Crippen LogP contribution in [-0.4, -0.2) is 72.3 Å². The number of hydrogen-bond donors (Lipinski definition) is 6. The Labute approximate surface area is 279 Å². The minimum atomic E-state index is 0.0665. The van der Waals surface area contributed by atoms with Crippen LogP contribution >= 0.6 is 0 Å². The zero-order valence-electron chi connectivity index (χ0n) is 27.7. The summed E-state index contributed by atoms with van der Waals surface area (Å²) in [5, 5.41) is 18.7. The summed E-state index contributed by atoms with van der Waals surface area (Å²) in [4.78, 5) is 40.4. The third-order valence-corrected chi connectivity index (χ3v) is 7.65. The lowest BCUT2D eigenvalue weighted by Crippen LogP contribution is -2.18. The molecule has 252 valence electrons. The van der Waals surface area contributed by atoms with Gasteiger partial charge in [0.25, 0.3) is 0 Å². The minimum absolute atomic E-state index is 0.0665. The van der Waals surface area contributed by atoms with Crippen LogP contribution in [0, 0.1) is 13.8 Å². The van der Waals surface area contributed by atoms with Gasteiger partial charge in [-0.25, -0.2) is 9.97 Å². The van der Waals surface area contributed by atoms with Crippen LogP contribution in [-0.2, 0) is 31.9 Å². The average Bonchev–Trinajstić information content (AvgIpc) is 3.08. The van der Waals surface area contributed by atoms with Crippen molar-refractivity contribution in [2.75, 3.05) is 72.4 Å². The van der Waals surface area contributed by atoms with E-state index in [1.54, 1.807) is 26.6 Å². The zero-order valence-corrected chi connectivity index (χ0v) is 27.7. The van der Waals surface area contributed by atoms with Crippen molar-refractivity contribution in [3.05, 3.63) is 71.0 Å². The van der Waals surface area contributed by atoms with E-state index >= 15 is 0 Å². The summed E-state index contributed by atoms with van der Waals surface area (Å²) in [7, 11) is 3.32. The molecule has 14 heteroatoms.